The van der Waals surface area contributed by atoms with Gasteiger partial charge in [-0.2, -0.15) is 0 Å². The highest BCUT2D eigenvalue weighted by atomic mass is 17.2. The number of unbranched alkanes of at least 4 members (excludes halogenated alkanes) is 1. The van der Waals surface area contributed by atoms with Gasteiger partial charge in [0.1, 0.15) is 0 Å². The van der Waals surface area contributed by atoms with Crippen LogP contribution in [0.5, 0.6) is 0 Å². The van der Waals surface area contributed by atoms with Gasteiger partial charge in [-0.15, -0.1) is 0 Å². The molecule has 0 atom stereocenters. The molecule has 6 aliphatic heterocycles. The molecule has 0 amide bonds. The molecule has 6 aliphatic rings. The van der Waals surface area contributed by atoms with Crippen LogP contribution in [0.15, 0.2) is 97.2 Å². The Balaban J connectivity index is 1.97. The first-order chi connectivity index (χ1) is 29.5. The first-order valence-corrected chi connectivity index (χ1v) is 23.1. The predicted molar refractivity (Wildman–Crippen MR) is 232 cm³/mol. The molecule has 6 saturated heterocycles. The maximum atomic E-state index is 7.31. The summed E-state index contributed by atoms with van der Waals surface area (Å²) in [4.78, 5) is 0. The third-order valence-corrected chi connectivity index (χ3v) is 10.1. The number of ether oxygens (including phenoxy) is 12. The van der Waals surface area contributed by atoms with Crippen LogP contribution in [-0.4, -0.2) is 47.8 Å². The van der Waals surface area contributed by atoms with Gasteiger partial charge in [0.05, 0.1) is 0 Å². The minimum atomic E-state index is -2.11. The zero-order chi connectivity index (χ0) is 43.8. The third kappa shape index (κ3) is 12.6. The second kappa shape index (κ2) is 22.4. The van der Waals surface area contributed by atoms with Gasteiger partial charge in [-0.25, -0.2) is 0 Å². The standard InChI is InChI=1S/C49H74O12/c1-9-17-25-33-41-49-59-46(38-30-22-14-6)53-43(35-27-19-11-3)50-42(34-26-18-10-2)51-44(55-46,36-28-20-12-4)57-48(61-49,40-32-24-16-8)58-45(52-42,37-29-21-13-5)56-47(54-43,60-49)39-31-23-15-7/h18-33H,9-17,34-41H2,1-8H3/b26-18+,27-19+,28-20+,29-21+,30-22+,31-23+,32-24+,33-25+. The fourth-order valence-electron chi connectivity index (χ4n) is 7.62. The Hall–Kier alpha value is -2.56. The molecule has 0 N–H and O–H groups in total. The highest BCUT2D eigenvalue weighted by molar-refractivity contribution is 5.02. The molecule has 0 aromatic carbocycles. The zero-order valence-corrected chi connectivity index (χ0v) is 38.2. The Morgan fingerprint density at radius 1 is 0.213 bits per heavy atom. The lowest BCUT2D eigenvalue weighted by Crippen LogP contribution is -2.79. The van der Waals surface area contributed by atoms with Gasteiger partial charge in [0, 0.05) is 51.4 Å². The summed E-state index contributed by atoms with van der Waals surface area (Å²) < 4.78 is 87.6. The van der Waals surface area contributed by atoms with Crippen molar-refractivity contribution in [1.29, 1.82) is 0 Å². The van der Waals surface area contributed by atoms with Gasteiger partial charge in [-0.05, 0) is 51.4 Å². The van der Waals surface area contributed by atoms with E-state index in [1.165, 1.54) is 0 Å². The van der Waals surface area contributed by atoms with Crippen LogP contribution in [0, 0.1) is 0 Å². The summed E-state index contributed by atoms with van der Waals surface area (Å²) in [5, 5.41) is 0. The summed E-state index contributed by atoms with van der Waals surface area (Å²) in [6.45, 7) is 16.4. The van der Waals surface area contributed by atoms with Crippen LogP contribution >= 0.6 is 0 Å². The molecule has 8 bridgehead atoms. The molecule has 0 aliphatic carbocycles. The molecular formula is C49H74O12. The molecule has 0 aromatic rings. The molecule has 0 radical (unpaired) electrons. The van der Waals surface area contributed by atoms with Gasteiger partial charge < -0.3 is 0 Å². The van der Waals surface area contributed by atoms with Crippen molar-refractivity contribution in [2.24, 2.45) is 0 Å². The lowest BCUT2D eigenvalue weighted by atomic mass is 10.1. The molecule has 0 unspecified atom stereocenters. The largest absolute Gasteiger partial charge is 0.299 e. The van der Waals surface area contributed by atoms with E-state index in [0.717, 1.165) is 57.8 Å². The summed E-state index contributed by atoms with van der Waals surface area (Å²) in [6, 6.07) is 0. The van der Waals surface area contributed by atoms with E-state index in [1.807, 2.05) is 140 Å². The Bertz CT molecular complexity index is 1430. The van der Waals surface area contributed by atoms with E-state index >= 15 is 0 Å². The summed E-state index contributed by atoms with van der Waals surface area (Å²) in [7, 11) is 0. The smallest absolute Gasteiger partial charge is 0.269 e. The molecule has 12 heteroatoms. The van der Waals surface area contributed by atoms with Crippen molar-refractivity contribution in [2.45, 2.75) is 212 Å². The van der Waals surface area contributed by atoms with Crippen LogP contribution < -0.4 is 0 Å². The van der Waals surface area contributed by atoms with E-state index in [0.29, 0.717) is 0 Å². The topological polar surface area (TPSA) is 111 Å². The minimum absolute atomic E-state index is 0.00761. The van der Waals surface area contributed by atoms with Crippen molar-refractivity contribution < 1.29 is 56.8 Å². The average Bonchev–Trinajstić information content (AvgIpc) is 3.17. The minimum Gasteiger partial charge on any atom is -0.269 e. The summed E-state index contributed by atoms with van der Waals surface area (Å²) in [5.74, 6) is -16.8. The second-order valence-corrected chi connectivity index (χ2v) is 15.7. The molecule has 61 heavy (non-hydrogen) atoms. The number of hydrogen-bond donors (Lipinski definition) is 0. The molecule has 0 aromatic heterocycles. The summed E-state index contributed by atoms with van der Waals surface area (Å²) in [6.07, 6.45) is 38.3. The second-order valence-electron chi connectivity index (χ2n) is 15.7. The summed E-state index contributed by atoms with van der Waals surface area (Å²) in [5.41, 5.74) is 0. The van der Waals surface area contributed by atoms with Crippen LogP contribution in [0.25, 0.3) is 0 Å². The van der Waals surface area contributed by atoms with Crippen LogP contribution in [0.3, 0.4) is 0 Å². The molecule has 12 nitrogen and oxygen atoms in total. The van der Waals surface area contributed by atoms with Crippen LogP contribution in [0.1, 0.15) is 165 Å². The monoisotopic (exact) mass is 855 g/mol. The van der Waals surface area contributed by atoms with E-state index in [2.05, 4.69) is 13.0 Å². The van der Waals surface area contributed by atoms with E-state index in [-0.39, 0.29) is 51.4 Å². The lowest BCUT2D eigenvalue weighted by molar-refractivity contribution is -0.789. The Morgan fingerprint density at radius 2 is 0.361 bits per heavy atom. The quantitative estimate of drug-likeness (QED) is 0.0815. The highest BCUT2D eigenvalue weighted by Crippen LogP contribution is 2.60. The van der Waals surface area contributed by atoms with E-state index in [9.17, 15) is 0 Å². The van der Waals surface area contributed by atoms with Crippen molar-refractivity contribution in [3.8, 4) is 0 Å². The molecule has 0 saturated carbocycles. The fraction of sp³-hybridized carbons (Fsp3) is 0.673. The highest BCUT2D eigenvalue weighted by Gasteiger charge is 2.76. The molecule has 6 heterocycles. The maximum absolute atomic E-state index is 7.31. The Morgan fingerprint density at radius 3 is 0.492 bits per heavy atom. The third-order valence-electron chi connectivity index (χ3n) is 10.1. The van der Waals surface area contributed by atoms with Gasteiger partial charge in [-0.1, -0.05) is 159 Å². The average molecular weight is 855 g/mol. The first kappa shape index (κ1) is 49.5. The molecule has 0 spiro atoms. The number of allylic oxidation sites excluding steroid dienone is 8. The van der Waals surface area contributed by atoms with Crippen molar-refractivity contribution in [1.82, 2.24) is 0 Å². The first-order valence-electron chi connectivity index (χ1n) is 23.1. The van der Waals surface area contributed by atoms with E-state index in [4.69, 9.17) is 56.8 Å². The Labute approximate surface area is 365 Å². The Kier molecular flexibility index (Phi) is 18.1. The van der Waals surface area contributed by atoms with Crippen LogP contribution in [0.2, 0.25) is 0 Å². The zero-order valence-electron chi connectivity index (χ0n) is 38.2. The van der Waals surface area contributed by atoms with Gasteiger partial charge in [0.15, 0.2) is 0 Å². The normalized spacial score (nSPS) is 37.8. The van der Waals surface area contributed by atoms with E-state index < -0.39 is 47.8 Å². The molecule has 6 rings (SSSR count). The van der Waals surface area contributed by atoms with Crippen molar-refractivity contribution >= 4 is 0 Å². The van der Waals surface area contributed by atoms with Gasteiger partial charge in [0.25, 0.3) is 47.8 Å². The van der Waals surface area contributed by atoms with Crippen LogP contribution in [-0.2, 0) is 56.8 Å². The predicted octanol–water partition coefficient (Wildman–Crippen LogP) is 12.7. The van der Waals surface area contributed by atoms with Gasteiger partial charge in [-0.3, -0.25) is 56.8 Å². The molecule has 342 valence electrons. The number of hydrogen-bond acceptors (Lipinski definition) is 12. The van der Waals surface area contributed by atoms with Gasteiger partial charge >= 0.3 is 0 Å². The molecule has 6 fully saturated rings. The maximum Gasteiger partial charge on any atom is 0.299 e. The molecular weight excluding hydrogens is 781 g/mol. The van der Waals surface area contributed by atoms with Crippen molar-refractivity contribution in [3.63, 3.8) is 0 Å². The van der Waals surface area contributed by atoms with Crippen molar-refractivity contribution in [2.75, 3.05) is 0 Å². The lowest BCUT2D eigenvalue weighted by Gasteiger charge is -2.65. The van der Waals surface area contributed by atoms with Crippen LogP contribution in [0.4, 0.5) is 0 Å². The summed E-state index contributed by atoms with van der Waals surface area (Å²) >= 11 is 0. The van der Waals surface area contributed by atoms with E-state index in [1.54, 1.807) is 0 Å². The van der Waals surface area contributed by atoms with Gasteiger partial charge in [0.2, 0.25) is 0 Å². The van der Waals surface area contributed by atoms with Crippen molar-refractivity contribution in [3.05, 3.63) is 97.2 Å². The SMILES string of the molecule is CC/C=C/CC12OC3(C/C=C/CC)OC4(C/C=C/CC)OC(C/C=C/CC)(O1)OC1(C/C=C/CC)OC(C/C=C/CC)(O2)OC(C/C=C/CC)(O3)OC(C/C=C/CCC)(O4)O1. The fourth-order valence-corrected chi connectivity index (χ4v) is 7.62. The number of rotatable bonds is 25.